The van der Waals surface area contributed by atoms with Crippen LogP contribution in [0.2, 0.25) is 0 Å². The fourth-order valence-electron chi connectivity index (χ4n) is 5.82. The molecule has 0 rings (SSSR count). The molecule has 15 heteroatoms. The third kappa shape index (κ3) is 19.7. The smallest absolute Gasteiger partial charge is 0.213 e. The first-order chi connectivity index (χ1) is 24.0. The predicted octanol–water partition coefficient (Wildman–Crippen LogP) is 7.52. The summed E-state index contributed by atoms with van der Waals surface area (Å²) in [6.45, 7) is 1.54. The van der Waals surface area contributed by atoms with E-state index in [1.54, 1.807) is 6.92 Å². The number of hydrogen-bond acceptors (Lipinski definition) is 9. The van der Waals surface area contributed by atoms with E-state index in [-0.39, 0.29) is 26.1 Å². The van der Waals surface area contributed by atoms with Crippen molar-refractivity contribution in [1.29, 1.82) is 15.8 Å². The van der Waals surface area contributed by atoms with Crippen molar-refractivity contribution < 1.29 is 25.3 Å². The van der Waals surface area contributed by atoms with Crippen molar-refractivity contribution in [3.05, 3.63) is 0 Å². The van der Waals surface area contributed by atoms with Gasteiger partial charge in [-0.1, -0.05) is 110 Å². The zero-order valence-corrected chi connectivity index (χ0v) is 33.2. The largest absolute Gasteiger partial charge is 0.313 e. The summed E-state index contributed by atoms with van der Waals surface area (Å²) in [4.78, 5) is 0. The minimum absolute atomic E-state index is 0.0710. The molecule has 0 bridgehead atoms. The number of rotatable bonds is 36. The number of nitriles is 3. The summed E-state index contributed by atoms with van der Waals surface area (Å²) in [5.74, 6) is 0. The van der Waals surface area contributed by atoms with E-state index in [1.165, 1.54) is 0 Å². The van der Waals surface area contributed by atoms with Crippen LogP contribution in [0.25, 0.3) is 0 Å². The van der Waals surface area contributed by atoms with E-state index in [0.717, 1.165) is 96.3 Å². The van der Waals surface area contributed by atoms with E-state index in [1.807, 2.05) is 0 Å². The standard InChI is InChI=1S/C35H66N6O6S3/c1-2-3-28-35(48(42,43)39-32-25-19-13-7-4-10-16-22-29-36,49(44,45)40-33-26-20-14-8-5-11-17-23-30-37)50(46,47)41-34-27-21-15-9-6-12-18-24-31-38/h39-41H,2-28,32-34H2,1H3. The zero-order chi connectivity index (χ0) is 37.5. The highest BCUT2D eigenvalue weighted by atomic mass is 32.3. The van der Waals surface area contributed by atoms with Crippen LogP contribution in [0.1, 0.15) is 180 Å². The first-order valence-corrected chi connectivity index (χ1v) is 23.5. The van der Waals surface area contributed by atoms with Gasteiger partial charge in [-0.25, -0.2) is 39.4 Å². The summed E-state index contributed by atoms with van der Waals surface area (Å²) in [6.07, 6.45) is 18.7. The topological polar surface area (TPSA) is 210 Å². The summed E-state index contributed by atoms with van der Waals surface area (Å²) < 4.78 is 88.2. The fraction of sp³-hybridized carbons (Fsp3) is 0.914. The highest BCUT2D eigenvalue weighted by Crippen LogP contribution is 2.35. The van der Waals surface area contributed by atoms with Gasteiger partial charge in [-0.05, 0) is 44.9 Å². The second-order valence-electron chi connectivity index (χ2n) is 13.1. The van der Waals surface area contributed by atoms with E-state index in [2.05, 4.69) is 32.4 Å². The molecule has 0 aliphatic carbocycles. The van der Waals surface area contributed by atoms with Crippen LogP contribution in [-0.2, 0) is 30.1 Å². The maximum Gasteiger partial charge on any atom is 0.313 e. The summed E-state index contributed by atoms with van der Waals surface area (Å²) in [7, 11) is -14.8. The molecule has 0 unspecified atom stereocenters. The van der Waals surface area contributed by atoms with Crippen molar-refractivity contribution in [3.8, 4) is 18.2 Å². The summed E-state index contributed by atoms with van der Waals surface area (Å²) in [5, 5.41) is 26.0. The second kappa shape index (κ2) is 29.7. The van der Waals surface area contributed by atoms with E-state index in [9.17, 15) is 25.3 Å². The molecule has 50 heavy (non-hydrogen) atoms. The summed E-state index contributed by atoms with van der Waals surface area (Å²) in [5.41, 5.74) is 0. The monoisotopic (exact) mass is 762 g/mol. The average molecular weight is 763 g/mol. The third-order valence-electron chi connectivity index (χ3n) is 8.84. The summed E-state index contributed by atoms with van der Waals surface area (Å²) in [6, 6.07) is 6.38. The molecule has 0 aromatic carbocycles. The van der Waals surface area contributed by atoms with Crippen molar-refractivity contribution in [3.63, 3.8) is 0 Å². The molecule has 0 heterocycles. The van der Waals surface area contributed by atoms with Crippen LogP contribution in [0.15, 0.2) is 0 Å². The van der Waals surface area contributed by atoms with E-state index in [4.69, 9.17) is 15.8 Å². The van der Waals surface area contributed by atoms with Gasteiger partial charge in [0.1, 0.15) is 0 Å². The number of sulfonamides is 3. The Morgan fingerprint density at radius 2 is 0.640 bits per heavy atom. The Balaban J connectivity index is 5.65. The quantitative estimate of drug-likeness (QED) is 0.0538. The third-order valence-corrected chi connectivity index (χ3v) is 17.6. The minimum Gasteiger partial charge on any atom is -0.213 e. The Hall–Kier alpha value is -1.80. The lowest BCUT2D eigenvalue weighted by Gasteiger charge is -2.32. The van der Waals surface area contributed by atoms with Gasteiger partial charge in [0, 0.05) is 45.3 Å². The number of hydrogen-bond donors (Lipinski definition) is 3. The lowest BCUT2D eigenvalue weighted by Crippen LogP contribution is -2.63. The molecule has 0 saturated carbocycles. The van der Waals surface area contributed by atoms with Crippen LogP contribution in [0.5, 0.6) is 0 Å². The van der Waals surface area contributed by atoms with Gasteiger partial charge in [0.15, 0.2) is 0 Å². The van der Waals surface area contributed by atoms with Crippen molar-refractivity contribution in [1.82, 2.24) is 14.2 Å². The van der Waals surface area contributed by atoms with Gasteiger partial charge < -0.3 is 0 Å². The highest BCUT2D eigenvalue weighted by Gasteiger charge is 2.64. The Morgan fingerprint density at radius 1 is 0.400 bits per heavy atom. The molecular weight excluding hydrogens is 697 g/mol. The van der Waals surface area contributed by atoms with Crippen LogP contribution in [0.3, 0.4) is 0 Å². The molecule has 0 fully saturated rings. The summed E-state index contributed by atoms with van der Waals surface area (Å²) >= 11 is 0. The maximum absolute atomic E-state index is 14.0. The average Bonchev–Trinajstić information content (AvgIpc) is 3.07. The number of unbranched alkanes of at least 4 members (excludes halogenated alkanes) is 22. The van der Waals surface area contributed by atoms with Gasteiger partial charge in [-0.3, -0.25) is 0 Å². The van der Waals surface area contributed by atoms with Gasteiger partial charge in [0.25, 0.3) is 0 Å². The van der Waals surface area contributed by atoms with Crippen molar-refractivity contribution >= 4 is 30.1 Å². The molecule has 0 saturated heterocycles. The highest BCUT2D eigenvalue weighted by molar-refractivity contribution is 8.24. The molecule has 0 aromatic rings. The first kappa shape index (κ1) is 48.2. The van der Waals surface area contributed by atoms with Crippen LogP contribution in [-0.4, -0.2) is 48.3 Å². The molecule has 0 atom stereocenters. The van der Waals surface area contributed by atoms with Gasteiger partial charge in [0.2, 0.25) is 30.1 Å². The molecular formula is C35H66N6O6S3. The van der Waals surface area contributed by atoms with Crippen LogP contribution in [0.4, 0.5) is 0 Å². The maximum atomic E-state index is 14.0. The Bertz CT molecular complexity index is 1160. The zero-order valence-electron chi connectivity index (χ0n) is 30.7. The lowest BCUT2D eigenvalue weighted by molar-refractivity contribution is 0.509. The molecule has 0 aliphatic rings. The molecule has 0 aliphatic heterocycles. The number of nitrogens with zero attached hydrogens (tertiary/aromatic N) is 3. The van der Waals surface area contributed by atoms with Gasteiger partial charge >= 0.3 is 3.41 Å². The van der Waals surface area contributed by atoms with Crippen LogP contribution >= 0.6 is 0 Å². The molecule has 0 spiro atoms. The first-order valence-electron chi connectivity index (χ1n) is 19.1. The molecule has 290 valence electrons. The lowest BCUT2D eigenvalue weighted by atomic mass is 10.1. The fourth-order valence-corrected chi connectivity index (χ4v) is 13.5. The van der Waals surface area contributed by atoms with Crippen molar-refractivity contribution in [2.45, 2.75) is 184 Å². The van der Waals surface area contributed by atoms with Crippen molar-refractivity contribution in [2.75, 3.05) is 19.6 Å². The minimum atomic E-state index is -4.93. The van der Waals surface area contributed by atoms with Crippen LogP contribution in [0, 0.1) is 34.0 Å². The Morgan fingerprint density at radius 3 is 0.880 bits per heavy atom. The molecule has 0 aromatic heterocycles. The SMILES string of the molecule is CCCCC(S(=O)(=O)NCCCCCCCCCC#N)(S(=O)(=O)NCCCCCCCCCC#N)S(=O)(=O)NCCCCCCCCCC#N. The van der Waals surface area contributed by atoms with E-state index in [0.29, 0.717) is 64.2 Å². The molecule has 3 N–H and O–H groups in total. The van der Waals surface area contributed by atoms with Crippen molar-refractivity contribution in [2.24, 2.45) is 0 Å². The molecule has 0 radical (unpaired) electrons. The van der Waals surface area contributed by atoms with Gasteiger partial charge in [-0.15, -0.1) is 0 Å². The molecule has 12 nitrogen and oxygen atoms in total. The Labute approximate surface area is 305 Å². The normalized spacial score (nSPS) is 12.4. The second-order valence-corrected chi connectivity index (χ2v) is 19.9. The Kier molecular flexibility index (Phi) is 28.7. The molecule has 0 amide bonds. The van der Waals surface area contributed by atoms with Crippen LogP contribution < -0.4 is 14.2 Å². The van der Waals surface area contributed by atoms with Gasteiger partial charge in [-0.2, -0.15) is 15.8 Å². The number of nitrogens with one attached hydrogen (secondary N) is 3. The van der Waals surface area contributed by atoms with Gasteiger partial charge in [0.05, 0.1) is 18.2 Å². The predicted molar refractivity (Wildman–Crippen MR) is 201 cm³/mol. The van der Waals surface area contributed by atoms with E-state index >= 15 is 0 Å². The van der Waals surface area contributed by atoms with E-state index < -0.39 is 39.9 Å².